The van der Waals surface area contributed by atoms with Crippen LogP contribution in [0.2, 0.25) is 0 Å². The fourth-order valence-electron chi connectivity index (χ4n) is 1.77. The van der Waals surface area contributed by atoms with E-state index in [0.29, 0.717) is 33.7 Å². The average Bonchev–Trinajstić information content (AvgIpc) is 2.90. The van der Waals surface area contributed by atoms with Crippen molar-refractivity contribution in [1.29, 1.82) is 0 Å². The highest BCUT2D eigenvalue weighted by molar-refractivity contribution is 8.23. The molecule has 1 saturated heterocycles. The summed E-state index contributed by atoms with van der Waals surface area (Å²) in [6.07, 6.45) is 1.52. The molecule has 1 aromatic rings. The fraction of sp³-hybridized carbons (Fsp3) is 0.333. The molecule has 9 heteroatoms. The Kier molecular flexibility index (Phi) is 6.56. The molecule has 7 nitrogen and oxygen atoms in total. The first-order valence-corrected chi connectivity index (χ1v) is 8.44. The van der Waals surface area contributed by atoms with Crippen LogP contribution in [0, 0.1) is 0 Å². The summed E-state index contributed by atoms with van der Waals surface area (Å²) in [5.41, 5.74) is 0.705. The number of amides is 1. The zero-order valence-electron chi connectivity index (χ0n) is 13.2. The van der Waals surface area contributed by atoms with E-state index in [2.05, 4.69) is 9.84 Å². The maximum Gasteiger partial charge on any atom is 0.343 e. The number of carbonyl (C=O) groups excluding carboxylic acids is 2. The molecule has 128 valence electrons. The third kappa shape index (κ3) is 4.68. The number of methoxy groups -OCH3 is 1. The molecule has 1 aliphatic heterocycles. The van der Waals surface area contributed by atoms with Crippen molar-refractivity contribution in [3.8, 4) is 11.5 Å². The van der Waals surface area contributed by atoms with E-state index in [4.69, 9.17) is 21.7 Å². The van der Waals surface area contributed by atoms with E-state index in [1.54, 1.807) is 18.2 Å². The van der Waals surface area contributed by atoms with Crippen LogP contribution in [0.3, 0.4) is 0 Å². The Balaban J connectivity index is 2.13. The summed E-state index contributed by atoms with van der Waals surface area (Å²) in [6, 6.07) is 5.10. The van der Waals surface area contributed by atoms with Crippen LogP contribution in [0.15, 0.2) is 23.3 Å². The highest BCUT2D eigenvalue weighted by Crippen LogP contribution is 2.28. The lowest BCUT2D eigenvalue weighted by molar-refractivity contribution is -0.142. The number of hydrogen-bond acceptors (Lipinski definition) is 8. The molecule has 24 heavy (non-hydrogen) atoms. The summed E-state index contributed by atoms with van der Waals surface area (Å²) in [7, 11) is 1.29. The van der Waals surface area contributed by atoms with Crippen molar-refractivity contribution in [1.82, 2.24) is 5.01 Å². The Hall–Kier alpha value is -2.13. The molecule has 0 bridgehead atoms. The minimum Gasteiger partial charge on any atom is -0.490 e. The van der Waals surface area contributed by atoms with Crippen LogP contribution >= 0.6 is 24.0 Å². The van der Waals surface area contributed by atoms with Crippen LogP contribution in [0.25, 0.3) is 0 Å². The molecule has 1 heterocycles. The normalized spacial score (nSPS) is 14.3. The highest BCUT2D eigenvalue weighted by Gasteiger charge is 2.25. The third-order valence-corrected chi connectivity index (χ3v) is 4.23. The molecule has 0 radical (unpaired) electrons. The lowest BCUT2D eigenvalue weighted by Gasteiger charge is -2.12. The molecule has 0 aromatic heterocycles. The molecule has 1 fully saturated rings. The molecule has 1 aliphatic rings. The number of benzene rings is 1. The van der Waals surface area contributed by atoms with Gasteiger partial charge in [-0.05, 0) is 30.7 Å². The predicted octanol–water partition coefficient (Wildman–Crippen LogP) is 1.83. The van der Waals surface area contributed by atoms with E-state index >= 15 is 0 Å². The Labute approximate surface area is 148 Å². The number of hydrazone groups is 1. The maximum atomic E-state index is 11.6. The van der Waals surface area contributed by atoms with Crippen LogP contribution in [0.1, 0.15) is 12.5 Å². The average molecular weight is 368 g/mol. The van der Waals surface area contributed by atoms with Crippen molar-refractivity contribution in [3.05, 3.63) is 23.8 Å². The van der Waals surface area contributed by atoms with Crippen molar-refractivity contribution < 1.29 is 23.8 Å². The van der Waals surface area contributed by atoms with Crippen molar-refractivity contribution in [2.75, 3.05) is 26.1 Å². The topological polar surface area (TPSA) is 77.4 Å². The van der Waals surface area contributed by atoms with Gasteiger partial charge in [-0.2, -0.15) is 10.1 Å². The second-order valence-corrected chi connectivity index (χ2v) is 6.12. The van der Waals surface area contributed by atoms with E-state index in [1.807, 2.05) is 6.92 Å². The van der Waals surface area contributed by atoms with E-state index in [9.17, 15) is 9.59 Å². The minimum atomic E-state index is -0.485. The summed E-state index contributed by atoms with van der Waals surface area (Å²) in [5.74, 6) is 0.560. The first-order valence-electron chi connectivity index (χ1n) is 7.05. The van der Waals surface area contributed by atoms with Gasteiger partial charge in [-0.25, -0.2) is 4.79 Å². The van der Waals surface area contributed by atoms with Crippen molar-refractivity contribution >= 4 is 46.4 Å². The smallest absolute Gasteiger partial charge is 0.343 e. The van der Waals surface area contributed by atoms with Crippen LogP contribution in [0.5, 0.6) is 11.5 Å². The molecule has 0 unspecified atom stereocenters. The van der Waals surface area contributed by atoms with Crippen LogP contribution in [0.4, 0.5) is 0 Å². The number of rotatable bonds is 7. The molecule has 1 amide bonds. The largest absolute Gasteiger partial charge is 0.490 e. The molecule has 0 saturated carbocycles. The maximum absolute atomic E-state index is 11.6. The van der Waals surface area contributed by atoms with Gasteiger partial charge in [0, 0.05) is 0 Å². The Morgan fingerprint density at radius 3 is 2.83 bits per heavy atom. The van der Waals surface area contributed by atoms with Crippen LogP contribution in [-0.4, -0.2) is 53.5 Å². The third-order valence-electron chi connectivity index (χ3n) is 2.89. The van der Waals surface area contributed by atoms with Gasteiger partial charge in [-0.1, -0.05) is 24.0 Å². The molecule has 0 spiro atoms. The first-order chi connectivity index (χ1) is 11.5. The number of ether oxygens (including phenoxy) is 3. The molecule has 0 N–H and O–H groups in total. The number of carbonyl (C=O) groups is 2. The van der Waals surface area contributed by atoms with E-state index in [-0.39, 0.29) is 12.5 Å². The van der Waals surface area contributed by atoms with E-state index < -0.39 is 5.97 Å². The molecule has 2 rings (SSSR count). The van der Waals surface area contributed by atoms with Crippen LogP contribution in [-0.2, 0) is 14.3 Å². The van der Waals surface area contributed by atoms with Crippen molar-refractivity contribution in [3.63, 3.8) is 0 Å². The van der Waals surface area contributed by atoms with Crippen molar-refractivity contribution in [2.24, 2.45) is 5.10 Å². The Bertz CT molecular complexity index is 662. The van der Waals surface area contributed by atoms with Gasteiger partial charge in [0.15, 0.2) is 22.4 Å². The standard InChI is InChI=1S/C15H16N2O5S2/c1-3-21-12-6-10(4-5-11(12)22-8-14(19)20-2)7-16-17-13(18)9-24-15(17)23/h4-7H,3,8-9H2,1-2H3/b16-7+. The number of thiocarbonyl (C=S) groups is 1. The Morgan fingerprint density at radius 1 is 1.42 bits per heavy atom. The molecular weight excluding hydrogens is 352 g/mol. The summed E-state index contributed by atoms with van der Waals surface area (Å²) >= 11 is 6.34. The number of esters is 1. The predicted molar refractivity (Wildman–Crippen MR) is 94.6 cm³/mol. The lowest BCUT2D eigenvalue weighted by Crippen LogP contribution is -2.22. The number of nitrogens with zero attached hydrogens (tertiary/aromatic N) is 2. The van der Waals surface area contributed by atoms with Crippen LogP contribution < -0.4 is 9.47 Å². The monoisotopic (exact) mass is 368 g/mol. The number of thioether (sulfide) groups is 1. The van der Waals surface area contributed by atoms with Gasteiger partial charge in [0.05, 0.1) is 25.7 Å². The SMILES string of the molecule is CCOc1cc(/C=N/N2C(=O)CSC2=S)ccc1OCC(=O)OC. The molecular formula is C15H16N2O5S2. The van der Waals surface area contributed by atoms with E-state index in [1.165, 1.54) is 30.1 Å². The summed E-state index contributed by atoms with van der Waals surface area (Å²) < 4.78 is 15.8. The second kappa shape index (κ2) is 8.65. The van der Waals surface area contributed by atoms with Gasteiger partial charge in [0.2, 0.25) is 0 Å². The quantitative estimate of drug-likeness (QED) is 0.413. The van der Waals surface area contributed by atoms with Gasteiger partial charge in [-0.15, -0.1) is 0 Å². The lowest BCUT2D eigenvalue weighted by atomic mass is 10.2. The molecule has 0 aliphatic carbocycles. The second-order valence-electron chi connectivity index (χ2n) is 4.51. The minimum absolute atomic E-state index is 0.149. The molecule has 0 atom stereocenters. The highest BCUT2D eigenvalue weighted by atomic mass is 32.2. The first kappa shape index (κ1) is 18.2. The van der Waals surface area contributed by atoms with Gasteiger partial charge in [-0.3, -0.25) is 4.79 Å². The van der Waals surface area contributed by atoms with Crippen molar-refractivity contribution in [2.45, 2.75) is 6.92 Å². The van der Waals surface area contributed by atoms with Gasteiger partial charge in [0.1, 0.15) is 0 Å². The summed E-state index contributed by atoms with van der Waals surface area (Å²) in [6.45, 7) is 2.06. The van der Waals surface area contributed by atoms with Gasteiger partial charge >= 0.3 is 5.97 Å². The van der Waals surface area contributed by atoms with Gasteiger partial charge in [0.25, 0.3) is 5.91 Å². The van der Waals surface area contributed by atoms with Gasteiger partial charge < -0.3 is 14.2 Å². The zero-order chi connectivity index (χ0) is 17.5. The fourth-order valence-corrected chi connectivity index (χ4v) is 2.74. The Morgan fingerprint density at radius 2 is 2.21 bits per heavy atom. The molecule has 1 aromatic carbocycles. The summed E-state index contributed by atoms with van der Waals surface area (Å²) in [5, 5.41) is 5.30. The number of hydrogen-bond donors (Lipinski definition) is 0. The van der Waals surface area contributed by atoms with E-state index in [0.717, 1.165) is 0 Å². The zero-order valence-corrected chi connectivity index (χ0v) is 14.8. The summed E-state index contributed by atoms with van der Waals surface area (Å²) in [4.78, 5) is 22.8.